The summed E-state index contributed by atoms with van der Waals surface area (Å²) >= 11 is 11.6. The Kier molecular flexibility index (Phi) is 6.59. The smallest absolute Gasteiger partial charge is 0.241 e. The van der Waals surface area contributed by atoms with Gasteiger partial charge in [-0.05, 0) is 53.1 Å². The lowest BCUT2D eigenvalue weighted by Crippen LogP contribution is -2.39. The van der Waals surface area contributed by atoms with Crippen LogP contribution in [-0.4, -0.2) is 10.5 Å². The largest absolute Gasteiger partial charge is 0.280 e. The van der Waals surface area contributed by atoms with Crippen molar-refractivity contribution in [2.45, 2.75) is 37.5 Å². The highest BCUT2D eigenvalue weighted by atomic mass is 35.5. The zero-order valence-corrected chi connectivity index (χ0v) is 15.1. The minimum atomic E-state index is -1.47. The summed E-state index contributed by atoms with van der Waals surface area (Å²) in [5.41, 5.74) is 0.315. The van der Waals surface area contributed by atoms with Crippen LogP contribution in [0.25, 0.3) is 0 Å². The predicted molar refractivity (Wildman–Crippen MR) is 98.5 cm³/mol. The second-order valence-corrected chi connectivity index (χ2v) is 6.71. The van der Waals surface area contributed by atoms with Crippen LogP contribution in [0.15, 0.2) is 60.7 Å². The topological polar surface area (TPSA) is 34.1 Å². The maximum Gasteiger partial charge on any atom is 0.241 e. The van der Waals surface area contributed by atoms with E-state index in [0.717, 1.165) is 6.42 Å². The molecule has 0 aliphatic rings. The summed E-state index contributed by atoms with van der Waals surface area (Å²) in [6.45, 7) is 2.13. The van der Waals surface area contributed by atoms with Crippen molar-refractivity contribution in [3.63, 3.8) is 0 Å². The summed E-state index contributed by atoms with van der Waals surface area (Å²) in [6, 6.07) is 19.0. The van der Waals surface area contributed by atoms with E-state index in [0.29, 0.717) is 24.3 Å². The molecule has 0 saturated carbocycles. The Balaban J connectivity index is 2.15. The van der Waals surface area contributed by atoms with Crippen LogP contribution >= 0.6 is 23.2 Å². The van der Waals surface area contributed by atoms with E-state index in [1.807, 2.05) is 24.3 Å². The van der Waals surface area contributed by atoms with Crippen LogP contribution in [0.4, 0.5) is 0 Å². The first-order chi connectivity index (χ1) is 11.5. The Morgan fingerprint density at radius 1 is 0.917 bits per heavy atom. The fourth-order valence-electron chi connectivity index (χ4n) is 2.99. The van der Waals surface area contributed by atoms with E-state index in [1.54, 1.807) is 24.3 Å². The number of halogens is 2. The second kappa shape index (κ2) is 8.46. The van der Waals surface area contributed by atoms with Gasteiger partial charge in [0.2, 0.25) is 10.5 Å². The number of hydrogen-bond donors (Lipinski definition) is 0. The lowest BCUT2D eigenvalue weighted by Gasteiger charge is -2.27. The van der Waals surface area contributed by atoms with Gasteiger partial charge >= 0.3 is 0 Å². The van der Waals surface area contributed by atoms with Crippen molar-refractivity contribution in [1.29, 1.82) is 0 Å². The molecule has 0 saturated heterocycles. The number of rotatable bonds is 8. The molecule has 2 aromatic rings. The highest BCUT2D eigenvalue weighted by Crippen LogP contribution is 2.36. The van der Waals surface area contributed by atoms with Crippen LogP contribution < -0.4 is 0 Å². The molecule has 4 heteroatoms. The zero-order chi connectivity index (χ0) is 17.6. The number of carbonyl (C=O) groups is 2. The van der Waals surface area contributed by atoms with Crippen molar-refractivity contribution in [3.8, 4) is 0 Å². The maximum atomic E-state index is 12.1. The lowest BCUT2D eigenvalue weighted by molar-refractivity contribution is -0.126. The molecular weight excluding hydrogens is 343 g/mol. The molecule has 24 heavy (non-hydrogen) atoms. The molecule has 0 heterocycles. The Bertz CT molecular complexity index is 669. The number of benzene rings is 2. The van der Waals surface area contributed by atoms with E-state index in [4.69, 9.17) is 23.2 Å². The molecule has 0 spiro atoms. The van der Waals surface area contributed by atoms with Crippen LogP contribution in [0.3, 0.4) is 0 Å². The fraction of sp³-hybridized carbons (Fsp3) is 0.300. The van der Waals surface area contributed by atoms with Gasteiger partial charge in [-0.15, -0.1) is 0 Å². The Morgan fingerprint density at radius 3 is 1.92 bits per heavy atom. The standard InChI is InChI=1S/C20H20Cl2O2/c1-15(16-10-4-2-5-11-16)9-8-14-20(18(21)23,19(22)24)17-12-6-3-7-13-17/h2-7,10-13,15H,8-9,14H2,1H3. The lowest BCUT2D eigenvalue weighted by atomic mass is 9.77. The normalized spacial score (nSPS) is 12.6. The van der Waals surface area contributed by atoms with Gasteiger partial charge in [0.15, 0.2) is 0 Å². The Labute approximate surface area is 152 Å². The minimum Gasteiger partial charge on any atom is -0.280 e. The third-order valence-corrected chi connectivity index (χ3v) is 5.14. The Hall–Kier alpha value is -1.64. The van der Waals surface area contributed by atoms with Gasteiger partial charge in [0.1, 0.15) is 5.41 Å². The molecule has 126 valence electrons. The van der Waals surface area contributed by atoms with Crippen LogP contribution in [0.5, 0.6) is 0 Å². The molecule has 0 aromatic heterocycles. The van der Waals surface area contributed by atoms with Crippen molar-refractivity contribution in [3.05, 3.63) is 71.8 Å². The molecule has 2 aromatic carbocycles. The van der Waals surface area contributed by atoms with Crippen LogP contribution in [-0.2, 0) is 15.0 Å². The summed E-state index contributed by atoms with van der Waals surface area (Å²) < 4.78 is 0. The molecule has 0 aliphatic heterocycles. The molecule has 1 atom stereocenters. The molecule has 0 amide bonds. The van der Waals surface area contributed by atoms with Gasteiger partial charge in [0.25, 0.3) is 0 Å². The molecule has 0 bridgehead atoms. The summed E-state index contributed by atoms with van der Waals surface area (Å²) in [5, 5.41) is -1.44. The molecule has 0 aliphatic carbocycles. The fourth-order valence-corrected chi connectivity index (χ4v) is 3.62. The van der Waals surface area contributed by atoms with Gasteiger partial charge in [0, 0.05) is 0 Å². The molecule has 0 radical (unpaired) electrons. The minimum absolute atomic E-state index is 0.304. The molecule has 0 fully saturated rings. The van der Waals surface area contributed by atoms with E-state index in [1.165, 1.54) is 5.56 Å². The van der Waals surface area contributed by atoms with E-state index in [9.17, 15) is 9.59 Å². The van der Waals surface area contributed by atoms with Crippen LogP contribution in [0.2, 0.25) is 0 Å². The summed E-state index contributed by atoms with van der Waals surface area (Å²) in [6.07, 6.45) is 1.81. The zero-order valence-electron chi connectivity index (χ0n) is 13.5. The third kappa shape index (κ3) is 4.06. The first-order valence-corrected chi connectivity index (χ1v) is 8.74. The van der Waals surface area contributed by atoms with Crippen molar-refractivity contribution in [2.75, 3.05) is 0 Å². The van der Waals surface area contributed by atoms with Crippen molar-refractivity contribution < 1.29 is 9.59 Å². The van der Waals surface area contributed by atoms with Gasteiger partial charge in [-0.2, -0.15) is 0 Å². The molecule has 2 rings (SSSR count). The van der Waals surface area contributed by atoms with Gasteiger partial charge in [-0.25, -0.2) is 0 Å². The average Bonchev–Trinajstić information content (AvgIpc) is 2.59. The summed E-state index contributed by atoms with van der Waals surface area (Å²) in [4.78, 5) is 24.2. The first-order valence-electron chi connectivity index (χ1n) is 7.99. The first kappa shape index (κ1) is 18.7. The van der Waals surface area contributed by atoms with E-state index in [2.05, 4.69) is 19.1 Å². The third-order valence-electron chi connectivity index (χ3n) is 4.50. The quantitative estimate of drug-likeness (QED) is 0.463. The van der Waals surface area contributed by atoms with Crippen molar-refractivity contribution >= 4 is 33.7 Å². The van der Waals surface area contributed by atoms with Gasteiger partial charge < -0.3 is 0 Å². The SMILES string of the molecule is CC(CCCC(C(=O)Cl)(C(=O)Cl)c1ccccc1)c1ccccc1. The molecule has 1 unspecified atom stereocenters. The van der Waals surface area contributed by atoms with Gasteiger partial charge in [-0.3, -0.25) is 9.59 Å². The second-order valence-electron chi connectivity index (χ2n) is 6.02. The summed E-state index contributed by atoms with van der Waals surface area (Å²) in [7, 11) is 0. The summed E-state index contributed by atoms with van der Waals surface area (Å²) in [5.74, 6) is 0.329. The van der Waals surface area contributed by atoms with E-state index >= 15 is 0 Å². The molecular formula is C20H20Cl2O2. The number of carbonyl (C=O) groups excluding carboxylic acids is 2. The van der Waals surface area contributed by atoms with Crippen molar-refractivity contribution in [1.82, 2.24) is 0 Å². The highest BCUT2D eigenvalue weighted by Gasteiger charge is 2.45. The predicted octanol–water partition coefficient (Wildman–Crippen LogP) is 5.43. The van der Waals surface area contributed by atoms with Crippen LogP contribution in [0.1, 0.15) is 43.2 Å². The molecule has 2 nitrogen and oxygen atoms in total. The van der Waals surface area contributed by atoms with Crippen LogP contribution in [0, 0.1) is 0 Å². The maximum absolute atomic E-state index is 12.1. The van der Waals surface area contributed by atoms with E-state index in [-0.39, 0.29) is 0 Å². The van der Waals surface area contributed by atoms with E-state index < -0.39 is 15.9 Å². The average molecular weight is 363 g/mol. The molecule has 0 N–H and O–H groups in total. The van der Waals surface area contributed by atoms with Crippen molar-refractivity contribution in [2.24, 2.45) is 0 Å². The highest BCUT2D eigenvalue weighted by molar-refractivity contribution is 6.76. The monoisotopic (exact) mass is 362 g/mol. The number of hydrogen-bond acceptors (Lipinski definition) is 2. The Morgan fingerprint density at radius 2 is 1.42 bits per heavy atom. The van der Waals surface area contributed by atoms with Gasteiger partial charge in [-0.1, -0.05) is 74.0 Å². The van der Waals surface area contributed by atoms with Gasteiger partial charge in [0.05, 0.1) is 0 Å².